The minimum Gasteiger partial charge on any atom is -0.508 e. The molecule has 0 aliphatic rings. The maximum Gasteiger partial charge on any atom is 0.180 e. The molecule has 14 heavy (non-hydrogen) atoms. The zero-order valence-electron chi connectivity index (χ0n) is 7.70. The number of ketones is 1. The van der Waals surface area contributed by atoms with E-state index < -0.39 is 0 Å². The van der Waals surface area contributed by atoms with E-state index in [1.165, 1.54) is 12.1 Å². The summed E-state index contributed by atoms with van der Waals surface area (Å²) in [5.41, 5.74) is 0.228. The first-order chi connectivity index (χ1) is 6.56. The quantitative estimate of drug-likeness (QED) is 0.647. The Kier molecular flexibility index (Phi) is 3.52. The molecule has 0 heterocycles. The fourth-order valence-corrected chi connectivity index (χ4v) is 1.33. The summed E-state index contributed by atoms with van der Waals surface area (Å²) < 4.78 is 0. The Balaban J connectivity index is 3.02. The van der Waals surface area contributed by atoms with Crippen LogP contribution in [0.25, 0.3) is 0 Å². The normalized spacial score (nSPS) is 12.4. The third-order valence-electron chi connectivity index (χ3n) is 1.89. The van der Waals surface area contributed by atoms with Crippen LogP contribution in [0.2, 0.25) is 0 Å². The molecular weight excluding hydrogens is 248 g/mol. The molecular formula is C10H11BrO3. The van der Waals surface area contributed by atoms with Crippen LogP contribution < -0.4 is 0 Å². The molecule has 0 aliphatic heterocycles. The van der Waals surface area contributed by atoms with Gasteiger partial charge >= 0.3 is 0 Å². The Morgan fingerprint density at radius 3 is 2.64 bits per heavy atom. The zero-order valence-corrected chi connectivity index (χ0v) is 9.28. The summed E-state index contributed by atoms with van der Waals surface area (Å²) >= 11 is 3.21. The largest absolute Gasteiger partial charge is 0.508 e. The number of rotatable bonds is 3. The fourth-order valence-electron chi connectivity index (χ4n) is 1.08. The van der Waals surface area contributed by atoms with Gasteiger partial charge in [-0.15, -0.1) is 0 Å². The van der Waals surface area contributed by atoms with E-state index in [-0.39, 0.29) is 27.7 Å². The number of hydrogen-bond donors (Lipinski definition) is 2. The lowest BCUT2D eigenvalue weighted by Crippen LogP contribution is -2.12. The second kappa shape index (κ2) is 4.46. The van der Waals surface area contributed by atoms with E-state index in [1.807, 2.05) is 6.92 Å². The van der Waals surface area contributed by atoms with E-state index in [0.29, 0.717) is 6.42 Å². The van der Waals surface area contributed by atoms with Gasteiger partial charge in [0.1, 0.15) is 11.5 Å². The topological polar surface area (TPSA) is 57.5 Å². The van der Waals surface area contributed by atoms with Gasteiger partial charge in [0.2, 0.25) is 0 Å². The van der Waals surface area contributed by atoms with Gasteiger partial charge in [0.05, 0.1) is 10.4 Å². The highest BCUT2D eigenvalue weighted by atomic mass is 79.9. The van der Waals surface area contributed by atoms with Crippen molar-refractivity contribution < 1.29 is 15.0 Å². The van der Waals surface area contributed by atoms with Crippen LogP contribution >= 0.6 is 15.9 Å². The first kappa shape index (κ1) is 11.0. The number of benzene rings is 1. The number of halogens is 1. The number of phenols is 2. The van der Waals surface area contributed by atoms with Crippen molar-refractivity contribution in [3.8, 4) is 11.5 Å². The molecule has 0 radical (unpaired) electrons. The Bertz CT molecular complexity index is 349. The summed E-state index contributed by atoms with van der Waals surface area (Å²) in [7, 11) is 0. The van der Waals surface area contributed by atoms with Gasteiger partial charge in [-0.25, -0.2) is 0 Å². The number of hydrogen-bond acceptors (Lipinski definition) is 3. The lowest BCUT2D eigenvalue weighted by Gasteiger charge is -2.07. The molecule has 76 valence electrons. The van der Waals surface area contributed by atoms with Crippen LogP contribution in [0.1, 0.15) is 23.7 Å². The maximum atomic E-state index is 11.6. The molecule has 1 aromatic rings. The van der Waals surface area contributed by atoms with Crippen LogP contribution in [0.15, 0.2) is 18.2 Å². The first-order valence-corrected chi connectivity index (χ1v) is 5.18. The van der Waals surface area contributed by atoms with E-state index in [9.17, 15) is 9.90 Å². The van der Waals surface area contributed by atoms with Gasteiger partial charge < -0.3 is 10.2 Å². The summed E-state index contributed by atoms with van der Waals surface area (Å²) in [6, 6.07) is 3.95. The van der Waals surface area contributed by atoms with Gasteiger partial charge in [0.25, 0.3) is 0 Å². The summed E-state index contributed by atoms with van der Waals surface area (Å²) in [6.07, 6.45) is 0.652. The monoisotopic (exact) mass is 258 g/mol. The zero-order chi connectivity index (χ0) is 10.7. The molecule has 1 atom stereocenters. The van der Waals surface area contributed by atoms with E-state index in [0.717, 1.165) is 6.07 Å². The lowest BCUT2D eigenvalue weighted by atomic mass is 10.1. The smallest absolute Gasteiger partial charge is 0.180 e. The van der Waals surface area contributed by atoms with Gasteiger partial charge in [-0.2, -0.15) is 0 Å². The summed E-state index contributed by atoms with van der Waals surface area (Å²) in [5, 5.41) is 18.4. The molecule has 0 spiro atoms. The van der Waals surface area contributed by atoms with Crippen molar-refractivity contribution in [1.82, 2.24) is 0 Å². The third kappa shape index (κ3) is 2.26. The van der Waals surface area contributed by atoms with E-state index in [4.69, 9.17) is 5.11 Å². The number of phenolic OH excluding ortho intramolecular Hbond substituents is 2. The molecule has 1 rings (SSSR count). The van der Waals surface area contributed by atoms with Crippen molar-refractivity contribution in [3.63, 3.8) is 0 Å². The first-order valence-electron chi connectivity index (χ1n) is 4.26. The van der Waals surface area contributed by atoms with Gasteiger partial charge in [0.15, 0.2) is 5.78 Å². The predicted octanol–water partition coefficient (Wildman–Crippen LogP) is 2.45. The highest BCUT2D eigenvalue weighted by Gasteiger charge is 2.18. The molecule has 0 amide bonds. The third-order valence-corrected chi connectivity index (χ3v) is 2.95. The molecule has 0 saturated heterocycles. The van der Waals surface area contributed by atoms with Gasteiger partial charge in [0, 0.05) is 6.07 Å². The number of aromatic hydroxyl groups is 2. The molecule has 0 aliphatic carbocycles. The summed E-state index contributed by atoms with van der Waals surface area (Å²) in [6.45, 7) is 1.87. The minimum absolute atomic E-state index is 0.0540. The van der Waals surface area contributed by atoms with Gasteiger partial charge in [-0.3, -0.25) is 4.79 Å². The van der Waals surface area contributed by atoms with Crippen LogP contribution in [0, 0.1) is 0 Å². The highest BCUT2D eigenvalue weighted by molar-refractivity contribution is 9.10. The van der Waals surface area contributed by atoms with Crippen molar-refractivity contribution in [3.05, 3.63) is 23.8 Å². The number of carbonyl (C=O) groups excluding carboxylic acids is 1. The average molecular weight is 259 g/mol. The molecule has 1 unspecified atom stereocenters. The number of alkyl halides is 1. The second-order valence-corrected chi connectivity index (χ2v) is 4.05. The Morgan fingerprint density at radius 2 is 2.14 bits per heavy atom. The second-order valence-electron chi connectivity index (χ2n) is 2.94. The molecule has 0 saturated carbocycles. The highest BCUT2D eigenvalue weighted by Crippen LogP contribution is 2.25. The van der Waals surface area contributed by atoms with Gasteiger partial charge in [-0.05, 0) is 18.6 Å². The summed E-state index contributed by atoms with van der Waals surface area (Å²) in [4.78, 5) is 11.3. The number of Topliss-reactive ketones (excluding diaryl/α,β-unsaturated/α-hetero) is 1. The molecule has 3 nitrogen and oxygen atoms in total. The molecule has 2 N–H and O–H groups in total. The maximum absolute atomic E-state index is 11.6. The molecule has 0 bridgehead atoms. The van der Waals surface area contributed by atoms with Crippen molar-refractivity contribution in [2.45, 2.75) is 18.2 Å². The SMILES string of the molecule is CCC(Br)C(=O)c1ccc(O)cc1O. The Hall–Kier alpha value is -1.03. The Morgan fingerprint density at radius 1 is 1.50 bits per heavy atom. The van der Waals surface area contributed by atoms with Crippen LogP contribution in [0.4, 0.5) is 0 Å². The van der Waals surface area contributed by atoms with Crippen LogP contribution in [0.3, 0.4) is 0 Å². The van der Waals surface area contributed by atoms with Crippen molar-refractivity contribution in [1.29, 1.82) is 0 Å². The van der Waals surface area contributed by atoms with Crippen molar-refractivity contribution in [2.75, 3.05) is 0 Å². The molecule has 1 aromatic carbocycles. The molecule has 4 heteroatoms. The van der Waals surface area contributed by atoms with E-state index >= 15 is 0 Å². The van der Waals surface area contributed by atoms with Crippen molar-refractivity contribution in [2.24, 2.45) is 0 Å². The van der Waals surface area contributed by atoms with Gasteiger partial charge in [-0.1, -0.05) is 22.9 Å². The van der Waals surface area contributed by atoms with Crippen LogP contribution in [-0.4, -0.2) is 20.8 Å². The van der Waals surface area contributed by atoms with Crippen molar-refractivity contribution >= 4 is 21.7 Å². The number of carbonyl (C=O) groups is 1. The molecule has 0 fully saturated rings. The standard InChI is InChI=1S/C10H11BrO3/c1-2-8(11)10(14)7-4-3-6(12)5-9(7)13/h3-5,8,12-13H,2H2,1H3. The average Bonchev–Trinajstić information content (AvgIpc) is 2.15. The van der Waals surface area contributed by atoms with Crippen LogP contribution in [0.5, 0.6) is 11.5 Å². The summed E-state index contributed by atoms with van der Waals surface area (Å²) in [5.74, 6) is -0.417. The Labute approximate surface area is 90.5 Å². The predicted molar refractivity (Wildman–Crippen MR) is 57.1 cm³/mol. The van der Waals surface area contributed by atoms with E-state index in [2.05, 4.69) is 15.9 Å². The molecule has 0 aromatic heterocycles. The minimum atomic E-state index is -0.294. The fraction of sp³-hybridized carbons (Fsp3) is 0.300. The van der Waals surface area contributed by atoms with Crippen LogP contribution in [-0.2, 0) is 0 Å². The van der Waals surface area contributed by atoms with E-state index in [1.54, 1.807) is 0 Å². The lowest BCUT2D eigenvalue weighted by molar-refractivity contribution is 0.0987.